The molecule has 4 N–H and O–H groups in total. The van der Waals surface area contributed by atoms with Crippen molar-refractivity contribution in [3.63, 3.8) is 0 Å². The molecular formula is C13H22N4O. The fourth-order valence-corrected chi connectivity index (χ4v) is 1.87. The Balaban J connectivity index is 2.92. The number of rotatable bonds is 5. The number of hydrogen-bond donors (Lipinski definition) is 3. The van der Waals surface area contributed by atoms with Gasteiger partial charge in [-0.2, -0.15) is 0 Å². The maximum absolute atomic E-state index is 11.7. The van der Waals surface area contributed by atoms with Crippen LogP contribution < -0.4 is 16.4 Å². The van der Waals surface area contributed by atoms with Gasteiger partial charge in [0, 0.05) is 31.0 Å². The van der Waals surface area contributed by atoms with Crippen LogP contribution in [0, 0.1) is 0 Å². The van der Waals surface area contributed by atoms with Crippen LogP contribution in [0.25, 0.3) is 0 Å². The lowest BCUT2D eigenvalue weighted by Crippen LogP contribution is -2.31. The number of nitrogens with two attached hydrogens (primary N) is 1. The second kappa shape index (κ2) is 6.26. The Bertz CT molecular complexity index is 417. The van der Waals surface area contributed by atoms with E-state index in [-0.39, 0.29) is 11.9 Å². The first kappa shape index (κ1) is 14.3. The molecule has 0 aromatic heterocycles. The van der Waals surface area contributed by atoms with Crippen LogP contribution in [-0.4, -0.2) is 44.5 Å². The lowest BCUT2D eigenvalue weighted by atomic mass is 10.1. The number of anilines is 2. The Morgan fingerprint density at radius 1 is 1.44 bits per heavy atom. The average molecular weight is 250 g/mol. The first-order valence-corrected chi connectivity index (χ1v) is 5.97. The van der Waals surface area contributed by atoms with Gasteiger partial charge in [-0.1, -0.05) is 0 Å². The molecule has 0 bridgehead atoms. The van der Waals surface area contributed by atoms with Gasteiger partial charge in [0.15, 0.2) is 0 Å². The molecule has 0 aliphatic heterocycles. The maximum atomic E-state index is 11.7. The van der Waals surface area contributed by atoms with Crippen LogP contribution in [0.5, 0.6) is 0 Å². The molecule has 5 nitrogen and oxygen atoms in total. The fourth-order valence-electron chi connectivity index (χ4n) is 1.87. The molecule has 1 amide bonds. The van der Waals surface area contributed by atoms with Crippen LogP contribution >= 0.6 is 0 Å². The van der Waals surface area contributed by atoms with Crippen LogP contribution in [0.2, 0.25) is 0 Å². The maximum Gasteiger partial charge on any atom is 0.253 e. The van der Waals surface area contributed by atoms with Crippen molar-refractivity contribution in [3.8, 4) is 0 Å². The minimum Gasteiger partial charge on any atom is -0.399 e. The third kappa shape index (κ3) is 3.92. The summed E-state index contributed by atoms with van der Waals surface area (Å²) in [6.07, 6.45) is 0. The van der Waals surface area contributed by atoms with Gasteiger partial charge in [-0.15, -0.1) is 0 Å². The van der Waals surface area contributed by atoms with Crippen LogP contribution in [0.4, 0.5) is 11.4 Å². The van der Waals surface area contributed by atoms with E-state index in [1.807, 2.05) is 14.1 Å². The van der Waals surface area contributed by atoms with Crippen molar-refractivity contribution >= 4 is 17.3 Å². The molecular weight excluding hydrogens is 228 g/mol. The molecule has 18 heavy (non-hydrogen) atoms. The molecule has 1 aromatic carbocycles. The number of nitrogens with one attached hydrogen (secondary N) is 2. The molecule has 0 spiro atoms. The van der Waals surface area contributed by atoms with Crippen molar-refractivity contribution in [2.45, 2.75) is 13.0 Å². The van der Waals surface area contributed by atoms with Gasteiger partial charge in [-0.25, -0.2) is 0 Å². The largest absolute Gasteiger partial charge is 0.399 e. The van der Waals surface area contributed by atoms with E-state index in [9.17, 15) is 4.79 Å². The molecule has 0 heterocycles. The van der Waals surface area contributed by atoms with Gasteiger partial charge >= 0.3 is 0 Å². The lowest BCUT2D eigenvalue weighted by molar-refractivity contribution is 0.0964. The van der Waals surface area contributed by atoms with Gasteiger partial charge in [-0.3, -0.25) is 4.79 Å². The molecule has 100 valence electrons. The summed E-state index contributed by atoms with van der Waals surface area (Å²) in [5, 5.41) is 5.94. The minimum absolute atomic E-state index is 0.116. The summed E-state index contributed by atoms with van der Waals surface area (Å²) in [7, 11) is 5.64. The van der Waals surface area contributed by atoms with E-state index >= 15 is 0 Å². The first-order chi connectivity index (χ1) is 8.43. The standard InChI is InChI=1S/C13H22N4O/c1-9(8-17(3)4)16-12-7-10(14)5-6-11(12)13(18)15-2/h5-7,9,16H,8,14H2,1-4H3,(H,15,18). The molecule has 0 aliphatic rings. The number of likely N-dealkylation sites (N-methyl/N-ethyl adjacent to an activating group) is 1. The van der Waals surface area contributed by atoms with Crippen molar-refractivity contribution in [1.29, 1.82) is 0 Å². The number of hydrogen-bond acceptors (Lipinski definition) is 4. The molecule has 5 heteroatoms. The third-order valence-electron chi connectivity index (χ3n) is 2.56. The summed E-state index contributed by atoms with van der Waals surface area (Å²) >= 11 is 0. The number of amides is 1. The monoisotopic (exact) mass is 250 g/mol. The van der Waals surface area contributed by atoms with Crippen molar-refractivity contribution in [2.75, 3.05) is 38.7 Å². The molecule has 0 radical (unpaired) electrons. The van der Waals surface area contributed by atoms with E-state index in [2.05, 4.69) is 22.5 Å². The van der Waals surface area contributed by atoms with Gasteiger partial charge in [0.1, 0.15) is 0 Å². The van der Waals surface area contributed by atoms with E-state index in [1.54, 1.807) is 25.2 Å². The summed E-state index contributed by atoms with van der Waals surface area (Å²) in [6, 6.07) is 5.48. The second-order valence-electron chi connectivity index (χ2n) is 4.69. The Kier molecular flexibility index (Phi) is 4.97. The Labute approximate surface area is 108 Å². The van der Waals surface area contributed by atoms with Gasteiger partial charge in [0.2, 0.25) is 0 Å². The summed E-state index contributed by atoms with van der Waals surface area (Å²) in [4.78, 5) is 13.8. The molecule has 1 aromatic rings. The van der Waals surface area contributed by atoms with E-state index in [1.165, 1.54) is 0 Å². The smallest absolute Gasteiger partial charge is 0.253 e. The predicted molar refractivity (Wildman–Crippen MR) is 75.9 cm³/mol. The van der Waals surface area contributed by atoms with Gasteiger partial charge in [0.25, 0.3) is 5.91 Å². The Morgan fingerprint density at radius 2 is 2.11 bits per heavy atom. The summed E-state index contributed by atoms with van der Waals surface area (Å²) in [6.45, 7) is 2.94. The van der Waals surface area contributed by atoms with Gasteiger partial charge in [-0.05, 0) is 39.2 Å². The topological polar surface area (TPSA) is 70.4 Å². The van der Waals surface area contributed by atoms with E-state index in [0.29, 0.717) is 11.3 Å². The van der Waals surface area contributed by atoms with Crippen molar-refractivity contribution in [2.24, 2.45) is 0 Å². The SMILES string of the molecule is CNC(=O)c1ccc(N)cc1NC(C)CN(C)C. The fraction of sp³-hybridized carbons (Fsp3) is 0.462. The Hall–Kier alpha value is -1.75. The Morgan fingerprint density at radius 3 is 2.67 bits per heavy atom. The highest BCUT2D eigenvalue weighted by molar-refractivity contribution is 6.00. The summed E-state index contributed by atoms with van der Waals surface area (Å²) in [5.41, 5.74) is 7.78. The second-order valence-corrected chi connectivity index (χ2v) is 4.69. The normalized spacial score (nSPS) is 12.3. The number of nitrogen functional groups attached to an aromatic ring is 1. The van der Waals surface area contributed by atoms with Crippen molar-refractivity contribution in [3.05, 3.63) is 23.8 Å². The van der Waals surface area contributed by atoms with Crippen LogP contribution in [0.15, 0.2) is 18.2 Å². The zero-order valence-electron chi connectivity index (χ0n) is 11.4. The lowest BCUT2D eigenvalue weighted by Gasteiger charge is -2.21. The number of carbonyl (C=O) groups is 1. The number of carbonyl (C=O) groups excluding carboxylic acids is 1. The van der Waals surface area contributed by atoms with Crippen molar-refractivity contribution in [1.82, 2.24) is 10.2 Å². The highest BCUT2D eigenvalue weighted by Gasteiger charge is 2.12. The number of benzene rings is 1. The minimum atomic E-state index is -0.116. The van der Waals surface area contributed by atoms with E-state index in [0.717, 1.165) is 12.2 Å². The van der Waals surface area contributed by atoms with Gasteiger partial charge < -0.3 is 21.3 Å². The zero-order valence-corrected chi connectivity index (χ0v) is 11.4. The van der Waals surface area contributed by atoms with Crippen molar-refractivity contribution < 1.29 is 4.79 Å². The highest BCUT2D eigenvalue weighted by atomic mass is 16.1. The van der Waals surface area contributed by atoms with E-state index in [4.69, 9.17) is 5.73 Å². The van der Waals surface area contributed by atoms with Crippen LogP contribution in [0.3, 0.4) is 0 Å². The molecule has 1 rings (SSSR count). The summed E-state index contributed by atoms with van der Waals surface area (Å²) in [5.74, 6) is -0.116. The predicted octanol–water partition coefficient (Wildman–Crippen LogP) is 0.990. The third-order valence-corrected chi connectivity index (χ3v) is 2.56. The first-order valence-electron chi connectivity index (χ1n) is 5.97. The van der Waals surface area contributed by atoms with Gasteiger partial charge in [0.05, 0.1) is 5.56 Å². The molecule has 0 fully saturated rings. The van der Waals surface area contributed by atoms with E-state index < -0.39 is 0 Å². The average Bonchev–Trinajstić information content (AvgIpc) is 2.27. The number of nitrogens with zero attached hydrogens (tertiary/aromatic N) is 1. The van der Waals surface area contributed by atoms with Crippen LogP contribution in [0.1, 0.15) is 17.3 Å². The molecule has 0 saturated carbocycles. The zero-order chi connectivity index (χ0) is 13.7. The van der Waals surface area contributed by atoms with Crippen LogP contribution in [-0.2, 0) is 0 Å². The highest BCUT2D eigenvalue weighted by Crippen LogP contribution is 2.20. The molecule has 0 saturated heterocycles. The summed E-state index contributed by atoms with van der Waals surface area (Å²) < 4.78 is 0. The molecule has 1 atom stereocenters. The quantitative estimate of drug-likeness (QED) is 0.682. The molecule has 0 aliphatic carbocycles. The molecule has 1 unspecified atom stereocenters.